The molecule has 2 atom stereocenters. The van der Waals surface area contributed by atoms with Crippen LogP contribution in [0, 0.1) is 13.8 Å². The van der Waals surface area contributed by atoms with Crippen molar-refractivity contribution in [3.05, 3.63) is 13.8 Å². The van der Waals surface area contributed by atoms with Gasteiger partial charge in [0.25, 0.3) is 0 Å². The molecule has 0 saturated carbocycles. The van der Waals surface area contributed by atoms with E-state index in [2.05, 4.69) is 46.4 Å². The Hall–Kier alpha value is 2.05. The molecule has 0 aliphatic carbocycles. The molecule has 54 heavy (non-hydrogen) atoms. The quantitative estimate of drug-likeness (QED) is 0.0423. The number of rotatable bonds is 40. The fourth-order valence-corrected chi connectivity index (χ4v) is 6.74. The van der Waals surface area contributed by atoms with Gasteiger partial charge in [-0.1, -0.05) is 195 Å². The predicted molar refractivity (Wildman–Crippen MR) is 235 cm³/mol. The third-order valence-corrected chi connectivity index (χ3v) is 10.4. The SMILES string of the molecule is CCCCCCCCC(O)CCCCCC.CCCCCCCCC(O)CCCCCC.[CH2-]CCCCCN(CCCCC[CH2-])CCCCCCO.[Y].[Y]. The minimum Gasteiger partial charge on any atom is -0.396 e. The average molecular weight is 918 g/mol. The molecule has 0 bridgehead atoms. The zero-order valence-corrected chi connectivity index (χ0v) is 43.5. The van der Waals surface area contributed by atoms with Gasteiger partial charge < -0.3 is 34.1 Å². The fourth-order valence-electron chi connectivity index (χ4n) is 6.74. The minimum atomic E-state index is -0.0250. The molecule has 2 unspecified atom stereocenters. The molecule has 6 heteroatoms. The van der Waals surface area contributed by atoms with Crippen LogP contribution in [0.15, 0.2) is 0 Å². The van der Waals surface area contributed by atoms with Gasteiger partial charge in [0.05, 0.1) is 12.2 Å². The zero-order chi connectivity index (χ0) is 39.0. The smallest absolute Gasteiger partial charge is 0.0540 e. The van der Waals surface area contributed by atoms with Crippen molar-refractivity contribution in [3.8, 4) is 0 Å². The van der Waals surface area contributed by atoms with Crippen LogP contribution in [0.2, 0.25) is 0 Å². The second-order valence-electron chi connectivity index (χ2n) is 15.9. The number of hydrogen-bond acceptors (Lipinski definition) is 4. The molecule has 0 aromatic carbocycles. The Kier molecular flexibility index (Phi) is 74.5. The van der Waals surface area contributed by atoms with Gasteiger partial charge in [-0.3, -0.25) is 0 Å². The van der Waals surface area contributed by atoms with E-state index in [-0.39, 0.29) is 77.6 Å². The summed E-state index contributed by atoms with van der Waals surface area (Å²) >= 11 is 0. The first kappa shape index (κ1) is 65.2. The Balaban J connectivity index is -0.000000220. The van der Waals surface area contributed by atoms with E-state index in [0.29, 0.717) is 6.61 Å². The molecule has 0 aliphatic heterocycles. The van der Waals surface area contributed by atoms with Gasteiger partial charge in [-0.05, 0) is 71.0 Å². The maximum atomic E-state index is 9.75. The van der Waals surface area contributed by atoms with E-state index in [9.17, 15) is 10.2 Å². The summed E-state index contributed by atoms with van der Waals surface area (Å²) in [5.41, 5.74) is 0. The topological polar surface area (TPSA) is 63.9 Å². The summed E-state index contributed by atoms with van der Waals surface area (Å²) in [6.07, 6.45) is 44.9. The summed E-state index contributed by atoms with van der Waals surface area (Å²) in [4.78, 5) is 2.64. The third-order valence-electron chi connectivity index (χ3n) is 10.4. The van der Waals surface area contributed by atoms with E-state index in [1.54, 1.807) is 0 Å². The molecule has 0 aromatic heterocycles. The molecule has 0 saturated heterocycles. The molecule has 0 spiro atoms. The molecule has 0 heterocycles. The van der Waals surface area contributed by atoms with Crippen molar-refractivity contribution in [2.24, 2.45) is 0 Å². The molecule has 0 fully saturated rings. The van der Waals surface area contributed by atoms with Crippen molar-refractivity contribution in [2.45, 2.75) is 271 Å². The number of unbranched alkanes of at least 4 members (excludes halogenated alkanes) is 25. The van der Waals surface area contributed by atoms with Crippen LogP contribution in [-0.4, -0.2) is 58.7 Å². The largest absolute Gasteiger partial charge is 0.396 e. The van der Waals surface area contributed by atoms with Gasteiger partial charge in [0.1, 0.15) is 0 Å². The second kappa shape index (κ2) is 61.7. The van der Waals surface area contributed by atoms with Gasteiger partial charge in [0, 0.05) is 72.0 Å². The standard InChI is InChI=1S/C18H37NO.2C15H32O.2Y/c1-3-5-7-11-15-19(16-12-8-6-4-2)17-13-9-10-14-18-20;2*1-3-5-7-9-10-12-14-15(16)13-11-8-6-4-2;;/h20H,1-18H2;2*15-16H,3-14H2,1-2H3;;/q-2;;;;. The van der Waals surface area contributed by atoms with Crippen LogP contribution in [0.1, 0.15) is 259 Å². The van der Waals surface area contributed by atoms with Gasteiger partial charge in [-0.15, -0.1) is 0 Å². The van der Waals surface area contributed by atoms with Gasteiger partial charge in [0.2, 0.25) is 0 Å². The maximum Gasteiger partial charge on any atom is 0.0540 e. The summed E-state index contributed by atoms with van der Waals surface area (Å²) < 4.78 is 0. The van der Waals surface area contributed by atoms with Gasteiger partial charge >= 0.3 is 0 Å². The predicted octanol–water partition coefficient (Wildman–Crippen LogP) is 14.8. The van der Waals surface area contributed by atoms with Gasteiger partial charge in [0.15, 0.2) is 0 Å². The number of aliphatic hydroxyl groups excluding tert-OH is 3. The van der Waals surface area contributed by atoms with Crippen molar-refractivity contribution < 1.29 is 80.7 Å². The molecular weight excluding hydrogens is 816 g/mol. The molecule has 0 amide bonds. The van der Waals surface area contributed by atoms with Crippen molar-refractivity contribution in [2.75, 3.05) is 26.2 Å². The minimum absolute atomic E-state index is 0. The molecule has 2 radical (unpaired) electrons. The third kappa shape index (κ3) is 63.2. The van der Waals surface area contributed by atoms with E-state index < -0.39 is 0 Å². The second-order valence-corrected chi connectivity index (χ2v) is 15.9. The van der Waals surface area contributed by atoms with Gasteiger partial charge in [-0.25, -0.2) is 0 Å². The normalized spacial score (nSPS) is 11.9. The molecule has 0 aromatic rings. The number of aliphatic hydroxyl groups is 3. The van der Waals surface area contributed by atoms with Crippen LogP contribution in [0.25, 0.3) is 0 Å². The van der Waals surface area contributed by atoms with E-state index in [4.69, 9.17) is 5.11 Å². The summed E-state index contributed by atoms with van der Waals surface area (Å²) in [5.74, 6) is 0. The van der Waals surface area contributed by atoms with Crippen molar-refractivity contribution in [1.29, 1.82) is 0 Å². The summed E-state index contributed by atoms with van der Waals surface area (Å²) in [5, 5.41) is 28.3. The Labute approximate surface area is 393 Å². The van der Waals surface area contributed by atoms with Crippen LogP contribution in [0.3, 0.4) is 0 Å². The van der Waals surface area contributed by atoms with Crippen LogP contribution < -0.4 is 0 Å². The first-order valence-corrected chi connectivity index (χ1v) is 23.7. The number of hydrogen-bond donors (Lipinski definition) is 3. The molecule has 0 rings (SSSR count). The zero-order valence-electron chi connectivity index (χ0n) is 37.8. The Bertz CT molecular complexity index is 544. The van der Waals surface area contributed by atoms with Crippen LogP contribution >= 0.6 is 0 Å². The fraction of sp³-hybridized carbons (Fsp3) is 0.958. The first-order valence-electron chi connectivity index (χ1n) is 23.7. The molecule has 3 N–H and O–H groups in total. The van der Waals surface area contributed by atoms with Crippen LogP contribution in [-0.2, 0) is 65.4 Å². The van der Waals surface area contributed by atoms with Crippen LogP contribution in [0.5, 0.6) is 0 Å². The monoisotopic (exact) mass is 918 g/mol. The summed E-state index contributed by atoms with van der Waals surface area (Å²) in [6.45, 7) is 20.9. The molecular formula is C48H101NO3Y2-2. The molecule has 324 valence electrons. The van der Waals surface area contributed by atoms with Gasteiger partial charge in [-0.2, -0.15) is 12.8 Å². The number of nitrogens with zero attached hydrogens (tertiary/aromatic N) is 1. The molecule has 0 aliphatic rings. The Morgan fingerprint density at radius 2 is 0.593 bits per heavy atom. The summed E-state index contributed by atoms with van der Waals surface area (Å²) in [6, 6.07) is 0. The first-order chi connectivity index (χ1) is 25.5. The van der Waals surface area contributed by atoms with E-state index >= 15 is 0 Å². The van der Waals surface area contributed by atoms with Crippen LogP contribution in [0.4, 0.5) is 0 Å². The Morgan fingerprint density at radius 1 is 0.352 bits per heavy atom. The van der Waals surface area contributed by atoms with Crippen molar-refractivity contribution in [3.63, 3.8) is 0 Å². The maximum absolute atomic E-state index is 9.75. The van der Waals surface area contributed by atoms with E-state index in [1.165, 1.54) is 206 Å². The van der Waals surface area contributed by atoms with E-state index in [1.807, 2.05) is 0 Å². The average Bonchev–Trinajstić information content (AvgIpc) is 3.15. The van der Waals surface area contributed by atoms with E-state index in [0.717, 1.165) is 44.9 Å². The summed E-state index contributed by atoms with van der Waals surface area (Å²) in [7, 11) is 0. The molecule has 4 nitrogen and oxygen atoms in total. The Morgan fingerprint density at radius 3 is 0.889 bits per heavy atom. The van der Waals surface area contributed by atoms with Crippen molar-refractivity contribution >= 4 is 0 Å². The van der Waals surface area contributed by atoms with Crippen molar-refractivity contribution in [1.82, 2.24) is 4.90 Å².